The van der Waals surface area contributed by atoms with Crippen molar-refractivity contribution in [2.75, 3.05) is 0 Å². The highest BCUT2D eigenvalue weighted by Gasteiger charge is 2.12. The Balaban J connectivity index is 2.31. The first kappa shape index (κ1) is 14.1. The lowest BCUT2D eigenvalue weighted by Gasteiger charge is -2.09. The van der Waals surface area contributed by atoms with Gasteiger partial charge in [-0.2, -0.15) is 0 Å². The predicted octanol–water partition coefficient (Wildman–Crippen LogP) is 4.03. The summed E-state index contributed by atoms with van der Waals surface area (Å²) < 4.78 is 5.51. The van der Waals surface area contributed by atoms with Gasteiger partial charge in [0.2, 0.25) is 0 Å². The topological polar surface area (TPSA) is 63.6 Å². The third kappa shape index (κ3) is 3.16. The molecule has 0 spiro atoms. The highest BCUT2D eigenvalue weighted by molar-refractivity contribution is 6.30. The molecule has 20 heavy (non-hydrogen) atoms. The standard InChI is InChI=1S/C15H11ClO4/c1-9(17)10-2-5-12(6-3-10)20-14-8-11(16)4-7-13(14)15(18)19/h2-8H,1H3,(H,18,19). The molecule has 2 aromatic carbocycles. The van der Waals surface area contributed by atoms with Gasteiger partial charge in [-0.15, -0.1) is 0 Å². The van der Waals surface area contributed by atoms with E-state index in [9.17, 15) is 9.59 Å². The monoisotopic (exact) mass is 290 g/mol. The lowest BCUT2D eigenvalue weighted by atomic mass is 10.1. The number of carboxylic acid groups (broad SMARTS) is 1. The van der Waals surface area contributed by atoms with Crippen LogP contribution >= 0.6 is 11.6 Å². The minimum absolute atomic E-state index is 0.0186. The van der Waals surface area contributed by atoms with Crippen LogP contribution in [0.5, 0.6) is 11.5 Å². The molecule has 0 saturated carbocycles. The van der Waals surface area contributed by atoms with Gasteiger partial charge in [0.25, 0.3) is 0 Å². The second-order valence-electron chi connectivity index (χ2n) is 4.13. The fourth-order valence-corrected chi connectivity index (χ4v) is 1.80. The predicted molar refractivity (Wildman–Crippen MR) is 74.9 cm³/mol. The molecule has 1 N–H and O–H groups in total. The minimum Gasteiger partial charge on any atom is -0.478 e. The number of ether oxygens (including phenoxy) is 1. The minimum atomic E-state index is -1.10. The summed E-state index contributed by atoms with van der Waals surface area (Å²) in [4.78, 5) is 22.3. The van der Waals surface area contributed by atoms with Gasteiger partial charge in [0.05, 0.1) is 0 Å². The average molecular weight is 291 g/mol. The van der Waals surface area contributed by atoms with Gasteiger partial charge in [0.1, 0.15) is 17.1 Å². The van der Waals surface area contributed by atoms with Crippen LogP contribution in [0.1, 0.15) is 27.6 Å². The number of halogens is 1. The maximum absolute atomic E-state index is 11.2. The highest BCUT2D eigenvalue weighted by Crippen LogP contribution is 2.28. The SMILES string of the molecule is CC(=O)c1ccc(Oc2cc(Cl)ccc2C(=O)O)cc1. The van der Waals surface area contributed by atoms with Crippen molar-refractivity contribution in [3.05, 3.63) is 58.6 Å². The molecule has 0 aliphatic rings. The molecule has 0 aromatic heterocycles. The number of ketones is 1. The first-order chi connectivity index (χ1) is 9.47. The molecule has 0 aliphatic heterocycles. The van der Waals surface area contributed by atoms with Gasteiger partial charge < -0.3 is 9.84 Å². The molecule has 0 atom stereocenters. The molecule has 0 bridgehead atoms. The number of rotatable bonds is 4. The van der Waals surface area contributed by atoms with E-state index in [2.05, 4.69) is 0 Å². The van der Waals surface area contributed by atoms with Crippen molar-refractivity contribution in [1.29, 1.82) is 0 Å². The molecular weight excluding hydrogens is 280 g/mol. The fourth-order valence-electron chi connectivity index (χ4n) is 1.64. The number of hydrogen-bond acceptors (Lipinski definition) is 3. The summed E-state index contributed by atoms with van der Waals surface area (Å²) in [6.45, 7) is 1.47. The highest BCUT2D eigenvalue weighted by atomic mass is 35.5. The Labute approximate surface area is 120 Å². The molecule has 0 amide bonds. The summed E-state index contributed by atoms with van der Waals surface area (Å²) in [6, 6.07) is 10.7. The Morgan fingerprint density at radius 2 is 1.75 bits per heavy atom. The van der Waals surface area contributed by atoms with Gasteiger partial charge >= 0.3 is 5.97 Å². The maximum Gasteiger partial charge on any atom is 0.339 e. The molecule has 0 radical (unpaired) electrons. The molecule has 2 rings (SSSR count). The van der Waals surface area contributed by atoms with E-state index in [1.807, 2.05) is 0 Å². The Morgan fingerprint density at radius 1 is 1.10 bits per heavy atom. The average Bonchev–Trinajstić information content (AvgIpc) is 2.39. The number of carbonyl (C=O) groups excluding carboxylic acids is 1. The summed E-state index contributed by atoms with van der Waals surface area (Å²) in [6.07, 6.45) is 0. The molecule has 5 heteroatoms. The van der Waals surface area contributed by atoms with Crippen LogP contribution in [0.4, 0.5) is 0 Å². The summed E-state index contributed by atoms with van der Waals surface area (Å²) in [5, 5.41) is 9.46. The molecular formula is C15H11ClO4. The van der Waals surface area contributed by atoms with Crippen LogP contribution < -0.4 is 4.74 Å². The normalized spacial score (nSPS) is 10.1. The third-order valence-corrected chi connectivity index (χ3v) is 2.90. The quantitative estimate of drug-likeness (QED) is 0.863. The zero-order valence-corrected chi connectivity index (χ0v) is 11.3. The second kappa shape index (κ2) is 5.75. The van der Waals surface area contributed by atoms with Gasteiger partial charge in [-0.25, -0.2) is 4.79 Å². The van der Waals surface area contributed by atoms with Crippen molar-refractivity contribution in [1.82, 2.24) is 0 Å². The Kier molecular flexibility index (Phi) is 4.05. The first-order valence-electron chi connectivity index (χ1n) is 5.79. The van der Waals surface area contributed by atoms with Crippen molar-refractivity contribution in [3.63, 3.8) is 0 Å². The van der Waals surface area contributed by atoms with Crippen LogP contribution in [0.25, 0.3) is 0 Å². The molecule has 0 unspecified atom stereocenters. The largest absolute Gasteiger partial charge is 0.478 e. The third-order valence-electron chi connectivity index (χ3n) is 2.66. The van der Waals surface area contributed by atoms with Crippen LogP contribution in [0, 0.1) is 0 Å². The van der Waals surface area contributed by atoms with Crippen LogP contribution in [0.2, 0.25) is 5.02 Å². The Bertz CT molecular complexity index is 662. The number of benzene rings is 2. The molecule has 0 fully saturated rings. The Hall–Kier alpha value is -2.33. The lowest BCUT2D eigenvalue weighted by molar-refractivity contribution is 0.0694. The van der Waals surface area contributed by atoms with Crippen molar-refractivity contribution in [2.24, 2.45) is 0 Å². The summed E-state index contributed by atoms with van der Waals surface area (Å²) in [7, 11) is 0. The van der Waals surface area contributed by atoms with Gasteiger partial charge in [0.15, 0.2) is 5.78 Å². The van der Waals surface area contributed by atoms with Crippen LogP contribution in [-0.4, -0.2) is 16.9 Å². The lowest BCUT2D eigenvalue weighted by Crippen LogP contribution is -2.00. The summed E-state index contributed by atoms with van der Waals surface area (Å²) >= 11 is 5.84. The second-order valence-corrected chi connectivity index (χ2v) is 4.56. The molecule has 0 aliphatic carbocycles. The molecule has 0 heterocycles. The number of carbonyl (C=O) groups is 2. The van der Waals surface area contributed by atoms with Crippen molar-refractivity contribution in [2.45, 2.75) is 6.92 Å². The fraction of sp³-hybridized carbons (Fsp3) is 0.0667. The molecule has 2 aromatic rings. The number of hydrogen-bond donors (Lipinski definition) is 1. The van der Waals surface area contributed by atoms with E-state index in [0.29, 0.717) is 16.3 Å². The van der Waals surface area contributed by atoms with Crippen LogP contribution in [0.15, 0.2) is 42.5 Å². The van der Waals surface area contributed by atoms with Crippen molar-refractivity contribution in [3.8, 4) is 11.5 Å². The molecule has 102 valence electrons. The zero-order chi connectivity index (χ0) is 14.7. The van der Waals surface area contributed by atoms with E-state index in [-0.39, 0.29) is 17.1 Å². The number of Topliss-reactive ketones (excluding diaryl/α,β-unsaturated/α-hetero) is 1. The maximum atomic E-state index is 11.2. The van der Waals surface area contributed by atoms with E-state index < -0.39 is 5.97 Å². The van der Waals surface area contributed by atoms with Crippen LogP contribution in [0.3, 0.4) is 0 Å². The van der Waals surface area contributed by atoms with Crippen molar-refractivity contribution < 1.29 is 19.4 Å². The number of carboxylic acids is 1. The number of aromatic carboxylic acids is 1. The summed E-state index contributed by atoms with van der Waals surface area (Å²) in [5.41, 5.74) is 0.576. The van der Waals surface area contributed by atoms with E-state index in [4.69, 9.17) is 21.4 Å². The van der Waals surface area contributed by atoms with E-state index in [0.717, 1.165) is 0 Å². The smallest absolute Gasteiger partial charge is 0.339 e. The van der Waals surface area contributed by atoms with E-state index in [1.165, 1.54) is 25.1 Å². The van der Waals surface area contributed by atoms with Crippen molar-refractivity contribution >= 4 is 23.4 Å². The molecule has 0 saturated heterocycles. The van der Waals surface area contributed by atoms with Gasteiger partial charge in [-0.1, -0.05) is 11.6 Å². The van der Waals surface area contributed by atoms with Crippen LogP contribution in [-0.2, 0) is 0 Å². The first-order valence-corrected chi connectivity index (χ1v) is 6.17. The van der Waals surface area contributed by atoms with E-state index >= 15 is 0 Å². The van der Waals surface area contributed by atoms with Gasteiger partial charge in [-0.3, -0.25) is 4.79 Å². The van der Waals surface area contributed by atoms with Gasteiger partial charge in [-0.05, 0) is 43.3 Å². The van der Waals surface area contributed by atoms with E-state index in [1.54, 1.807) is 24.3 Å². The van der Waals surface area contributed by atoms with Gasteiger partial charge in [0, 0.05) is 16.7 Å². The Morgan fingerprint density at radius 3 is 2.30 bits per heavy atom. The molecule has 4 nitrogen and oxygen atoms in total. The summed E-state index contributed by atoms with van der Waals surface area (Å²) in [5.74, 6) is -0.567. The zero-order valence-electron chi connectivity index (χ0n) is 10.6.